The van der Waals surface area contributed by atoms with Crippen LogP contribution in [0.1, 0.15) is 36.6 Å². The lowest BCUT2D eigenvalue weighted by atomic mass is 10.1. The molecule has 1 heterocycles. The molecular weight excluding hydrogens is 366 g/mol. The van der Waals surface area contributed by atoms with Crippen LogP contribution in [-0.4, -0.2) is 28.6 Å². The fraction of sp³-hybridized carbons (Fsp3) is 0.263. The Morgan fingerprint density at radius 1 is 1.07 bits per heavy atom. The first-order valence-corrected chi connectivity index (χ1v) is 9.29. The Balaban J connectivity index is 1.83. The average molecular weight is 387 g/mol. The molecule has 0 aliphatic rings. The number of thiophene rings is 1. The molecule has 142 valence electrons. The molecule has 2 aromatic rings. The fourth-order valence-electron chi connectivity index (χ4n) is 2.24. The first kappa shape index (κ1) is 20.3. The number of nitrogens with zero attached hydrogens (tertiary/aromatic N) is 1. The summed E-state index contributed by atoms with van der Waals surface area (Å²) >= 11 is 1.52. The number of amides is 2. The van der Waals surface area contributed by atoms with Gasteiger partial charge in [-0.2, -0.15) is 5.10 Å². The highest BCUT2D eigenvalue weighted by molar-refractivity contribution is 7.10. The van der Waals surface area contributed by atoms with E-state index in [9.17, 15) is 14.4 Å². The van der Waals surface area contributed by atoms with Gasteiger partial charge in [0, 0.05) is 23.4 Å². The van der Waals surface area contributed by atoms with Gasteiger partial charge in [0.15, 0.2) is 0 Å². The van der Waals surface area contributed by atoms with Crippen molar-refractivity contribution in [2.45, 2.75) is 32.6 Å². The number of carbonyl (C=O) groups excluding carboxylic acids is 2. The summed E-state index contributed by atoms with van der Waals surface area (Å²) in [4.78, 5) is 35.0. The molecule has 2 rings (SSSR count). The Morgan fingerprint density at radius 3 is 2.44 bits per heavy atom. The minimum absolute atomic E-state index is 0.0276. The molecule has 0 saturated carbocycles. The molecule has 0 aliphatic heterocycles. The maximum Gasteiger partial charge on any atom is 0.303 e. The van der Waals surface area contributed by atoms with Crippen LogP contribution in [0.5, 0.6) is 0 Å². The van der Waals surface area contributed by atoms with Crippen LogP contribution in [0.2, 0.25) is 0 Å². The third kappa shape index (κ3) is 7.41. The monoisotopic (exact) mass is 387 g/mol. The number of rotatable bonds is 9. The van der Waals surface area contributed by atoms with E-state index in [-0.39, 0.29) is 24.7 Å². The summed E-state index contributed by atoms with van der Waals surface area (Å²) in [5.74, 6) is -1.32. The fourth-order valence-corrected chi connectivity index (χ4v) is 2.94. The lowest BCUT2D eigenvalue weighted by molar-refractivity contribution is -0.137. The molecule has 7 nitrogen and oxygen atoms in total. The van der Waals surface area contributed by atoms with E-state index in [1.807, 2.05) is 17.5 Å². The van der Waals surface area contributed by atoms with Gasteiger partial charge in [-0.1, -0.05) is 18.2 Å². The highest BCUT2D eigenvalue weighted by Crippen LogP contribution is 2.12. The summed E-state index contributed by atoms with van der Waals surface area (Å²) in [5.41, 5.74) is 4.62. The van der Waals surface area contributed by atoms with Gasteiger partial charge in [-0.25, -0.2) is 5.43 Å². The van der Waals surface area contributed by atoms with E-state index in [2.05, 4.69) is 15.8 Å². The summed E-state index contributed by atoms with van der Waals surface area (Å²) in [7, 11) is 0. The Bertz CT molecular complexity index is 814. The minimum atomic E-state index is -0.913. The summed E-state index contributed by atoms with van der Waals surface area (Å²) in [5, 5.41) is 17.3. The molecule has 0 radical (unpaired) electrons. The van der Waals surface area contributed by atoms with Crippen molar-refractivity contribution in [2.24, 2.45) is 5.10 Å². The zero-order chi connectivity index (χ0) is 19.6. The minimum Gasteiger partial charge on any atom is -0.481 e. The second-order valence-electron chi connectivity index (χ2n) is 5.86. The van der Waals surface area contributed by atoms with E-state index >= 15 is 0 Å². The number of carboxylic acids is 1. The van der Waals surface area contributed by atoms with Crippen molar-refractivity contribution in [1.82, 2.24) is 5.43 Å². The molecule has 0 aliphatic carbocycles. The number of carboxylic acid groups (broad SMARTS) is 1. The number of benzene rings is 1. The van der Waals surface area contributed by atoms with Gasteiger partial charge in [0.2, 0.25) is 11.8 Å². The highest BCUT2D eigenvalue weighted by atomic mass is 32.1. The molecular formula is C19H21N3O4S. The second-order valence-corrected chi connectivity index (χ2v) is 6.89. The molecule has 0 spiro atoms. The Hall–Kier alpha value is -3.00. The number of carbonyl (C=O) groups is 3. The van der Waals surface area contributed by atoms with Gasteiger partial charge in [-0.15, -0.1) is 11.3 Å². The molecule has 27 heavy (non-hydrogen) atoms. The largest absolute Gasteiger partial charge is 0.481 e. The molecule has 1 aromatic heterocycles. The van der Waals surface area contributed by atoms with Crippen LogP contribution in [0.15, 0.2) is 46.9 Å². The van der Waals surface area contributed by atoms with Crippen molar-refractivity contribution < 1.29 is 19.5 Å². The third-order valence-electron chi connectivity index (χ3n) is 3.64. The van der Waals surface area contributed by atoms with Crippen molar-refractivity contribution in [3.8, 4) is 0 Å². The number of hydrazone groups is 1. The molecule has 0 bridgehead atoms. The maximum atomic E-state index is 11.9. The zero-order valence-electron chi connectivity index (χ0n) is 14.9. The Morgan fingerprint density at radius 2 is 1.81 bits per heavy atom. The predicted molar refractivity (Wildman–Crippen MR) is 105 cm³/mol. The van der Waals surface area contributed by atoms with Crippen molar-refractivity contribution >= 4 is 40.5 Å². The van der Waals surface area contributed by atoms with E-state index in [1.165, 1.54) is 11.3 Å². The summed E-state index contributed by atoms with van der Waals surface area (Å²) < 4.78 is 0. The van der Waals surface area contributed by atoms with E-state index in [4.69, 9.17) is 5.11 Å². The Kier molecular flexibility index (Phi) is 7.69. The maximum absolute atomic E-state index is 11.9. The van der Waals surface area contributed by atoms with Gasteiger partial charge in [-0.3, -0.25) is 14.4 Å². The number of nitrogens with one attached hydrogen (secondary N) is 2. The van der Waals surface area contributed by atoms with Crippen LogP contribution in [-0.2, 0) is 20.8 Å². The molecule has 1 aromatic carbocycles. The van der Waals surface area contributed by atoms with E-state index in [1.54, 1.807) is 31.2 Å². The smallest absolute Gasteiger partial charge is 0.303 e. The summed E-state index contributed by atoms with van der Waals surface area (Å²) in [6.45, 7) is 1.78. The van der Waals surface area contributed by atoms with Gasteiger partial charge in [0.05, 0.1) is 12.1 Å². The van der Waals surface area contributed by atoms with E-state index in [0.717, 1.165) is 10.4 Å². The van der Waals surface area contributed by atoms with Crippen LogP contribution in [0, 0.1) is 0 Å². The summed E-state index contributed by atoms with van der Waals surface area (Å²) in [6.07, 6.45) is 0.725. The molecule has 0 fully saturated rings. The molecule has 0 unspecified atom stereocenters. The van der Waals surface area contributed by atoms with Gasteiger partial charge < -0.3 is 10.4 Å². The van der Waals surface area contributed by atoms with Crippen molar-refractivity contribution in [1.29, 1.82) is 0 Å². The second kappa shape index (κ2) is 10.2. The first-order valence-electron chi connectivity index (χ1n) is 8.41. The van der Waals surface area contributed by atoms with Gasteiger partial charge in [0.25, 0.3) is 0 Å². The number of hydrogen-bond donors (Lipinski definition) is 3. The third-order valence-corrected chi connectivity index (χ3v) is 4.52. The highest BCUT2D eigenvalue weighted by Gasteiger charge is 2.06. The van der Waals surface area contributed by atoms with Crippen LogP contribution in [0.3, 0.4) is 0 Å². The lowest BCUT2D eigenvalue weighted by Gasteiger charge is -2.07. The van der Waals surface area contributed by atoms with E-state index < -0.39 is 5.97 Å². The van der Waals surface area contributed by atoms with Gasteiger partial charge >= 0.3 is 5.97 Å². The number of aliphatic carboxylic acids is 1. The van der Waals surface area contributed by atoms with Crippen molar-refractivity contribution in [2.75, 3.05) is 5.32 Å². The quantitative estimate of drug-likeness (QED) is 0.454. The molecule has 0 atom stereocenters. The van der Waals surface area contributed by atoms with Crippen molar-refractivity contribution in [3.05, 3.63) is 52.2 Å². The van der Waals surface area contributed by atoms with Gasteiger partial charge in [0.1, 0.15) is 0 Å². The summed E-state index contributed by atoms with van der Waals surface area (Å²) in [6, 6.07) is 10.8. The standard InChI is InChI=1S/C19H21N3O4S/c1-13(21-22-18(24)12-16-4-3-11-27-16)14-7-9-15(10-8-14)20-17(23)5-2-6-19(25)26/h3-4,7-11H,2,5-6,12H2,1H3,(H,20,23)(H,22,24)(H,25,26)/b21-13+. The number of hydrogen-bond acceptors (Lipinski definition) is 5. The van der Waals surface area contributed by atoms with Crippen LogP contribution < -0.4 is 10.7 Å². The van der Waals surface area contributed by atoms with Crippen LogP contribution >= 0.6 is 11.3 Å². The average Bonchev–Trinajstić information content (AvgIpc) is 3.13. The Labute approximate surface area is 161 Å². The van der Waals surface area contributed by atoms with Crippen LogP contribution in [0.4, 0.5) is 5.69 Å². The SMILES string of the molecule is C/C(=N\NC(=O)Cc1cccs1)c1ccc(NC(=O)CCCC(=O)O)cc1. The normalized spacial score (nSPS) is 11.1. The zero-order valence-corrected chi connectivity index (χ0v) is 15.7. The molecule has 8 heteroatoms. The number of anilines is 1. The predicted octanol–water partition coefficient (Wildman–Crippen LogP) is 3.02. The molecule has 0 saturated heterocycles. The molecule has 3 N–H and O–H groups in total. The molecule has 2 amide bonds. The van der Waals surface area contributed by atoms with E-state index in [0.29, 0.717) is 24.2 Å². The first-order chi connectivity index (χ1) is 12.9. The van der Waals surface area contributed by atoms with Crippen molar-refractivity contribution in [3.63, 3.8) is 0 Å². The topological polar surface area (TPSA) is 108 Å². The lowest BCUT2D eigenvalue weighted by Crippen LogP contribution is -2.20. The van der Waals surface area contributed by atoms with Crippen LogP contribution in [0.25, 0.3) is 0 Å². The van der Waals surface area contributed by atoms with Gasteiger partial charge in [-0.05, 0) is 42.5 Å².